The highest BCUT2D eigenvalue weighted by Gasteiger charge is 2.93. The van der Waals surface area contributed by atoms with E-state index >= 15 is 0 Å². The van der Waals surface area contributed by atoms with Gasteiger partial charge in [0.2, 0.25) is 0 Å². The van der Waals surface area contributed by atoms with Gasteiger partial charge in [0.05, 0.1) is 0 Å². The average molecular weight is 441 g/mol. The number of carbonyl (C=O) groups is 1. The fraction of sp³-hybridized carbons (Fsp3) is 0.900. The van der Waals surface area contributed by atoms with Gasteiger partial charge >= 0.3 is 41.7 Å². The minimum absolute atomic E-state index is 2.21. The first kappa shape index (κ1) is 25.4. The smallest absolute Gasteiger partial charge is 0.460 e. The molecule has 2 nitrogen and oxygen atoms in total. The lowest BCUT2D eigenvalue weighted by molar-refractivity contribution is -0.452. The zero-order valence-electron chi connectivity index (χ0n) is 11.9. The van der Waals surface area contributed by atoms with Gasteiger partial charge in [0, 0.05) is 12.4 Å². The Balaban J connectivity index is 6.34. The molecule has 0 radical (unpaired) electrons. The van der Waals surface area contributed by atoms with Crippen molar-refractivity contribution in [3.05, 3.63) is 0 Å². The van der Waals surface area contributed by atoms with Gasteiger partial charge in [-0.1, -0.05) is 0 Å². The molecule has 17 heteroatoms. The Bertz CT molecular complexity index is 561. The number of aliphatic carboxylic acids is 1. The van der Waals surface area contributed by atoms with Crippen LogP contribution < -0.4 is 5.11 Å². The Kier molecular flexibility index (Phi) is 6.11. The summed E-state index contributed by atoms with van der Waals surface area (Å²) in [5, 5.41) is 9.85. The molecule has 0 aromatic heterocycles. The van der Waals surface area contributed by atoms with Gasteiger partial charge in [0.1, 0.15) is 0 Å². The minimum atomic E-state index is -8.37. The first-order valence-electron chi connectivity index (χ1n) is 5.95. The van der Waals surface area contributed by atoms with Crippen LogP contribution in [0.1, 0.15) is 12.8 Å². The molecule has 0 saturated heterocycles. The second kappa shape index (κ2) is 6.49. The van der Waals surface area contributed by atoms with Crippen molar-refractivity contribution in [2.45, 2.75) is 54.6 Å². The minimum Gasteiger partial charge on any atom is -0.550 e. The SMILES string of the molecule is O=C([O-])CCC(F)(F)C(F)(F)C(F)(F)C(F)(F)C(F)(F)C(F)(F)C(F)(F)F. The van der Waals surface area contributed by atoms with Gasteiger partial charge < -0.3 is 9.90 Å². The van der Waals surface area contributed by atoms with Crippen molar-refractivity contribution >= 4 is 5.97 Å². The zero-order chi connectivity index (χ0) is 22.5. The van der Waals surface area contributed by atoms with E-state index in [1.807, 2.05) is 0 Å². The average Bonchev–Trinajstić information content (AvgIpc) is 2.42. The number of hydrogen-bond donors (Lipinski definition) is 0. The third-order valence-electron chi connectivity index (χ3n) is 3.04. The summed E-state index contributed by atoms with van der Waals surface area (Å²) in [6.45, 7) is 0. The molecule has 27 heavy (non-hydrogen) atoms. The van der Waals surface area contributed by atoms with Crippen LogP contribution in [0, 0.1) is 0 Å². The van der Waals surface area contributed by atoms with Crippen molar-refractivity contribution in [2.24, 2.45) is 0 Å². The Morgan fingerprint density at radius 3 is 1.15 bits per heavy atom. The third-order valence-corrected chi connectivity index (χ3v) is 3.04. The van der Waals surface area contributed by atoms with Crippen LogP contribution in [0.2, 0.25) is 0 Å². The molecule has 0 aromatic carbocycles. The molecule has 0 heterocycles. The van der Waals surface area contributed by atoms with Crippen LogP contribution in [0.4, 0.5) is 65.9 Å². The van der Waals surface area contributed by atoms with Gasteiger partial charge in [-0.05, 0) is 6.42 Å². The molecule has 0 saturated carbocycles. The predicted octanol–water partition coefficient (Wildman–Crippen LogP) is 3.89. The van der Waals surface area contributed by atoms with E-state index in [-0.39, 0.29) is 0 Å². The normalized spacial score (nSPS) is 15.8. The summed E-state index contributed by atoms with van der Waals surface area (Å²) in [5.74, 6) is -49.7. The molecular formula is C10H4F15O2-. The van der Waals surface area contributed by atoms with Gasteiger partial charge in [0.15, 0.2) is 0 Å². The molecule has 0 bridgehead atoms. The topological polar surface area (TPSA) is 40.1 Å². The molecule has 0 aliphatic heterocycles. The highest BCUT2D eigenvalue weighted by Crippen LogP contribution is 2.62. The van der Waals surface area contributed by atoms with Crippen LogP contribution in [0.25, 0.3) is 0 Å². The van der Waals surface area contributed by atoms with E-state index in [2.05, 4.69) is 0 Å². The maximum atomic E-state index is 13.1. The summed E-state index contributed by atoms with van der Waals surface area (Å²) >= 11 is 0. The summed E-state index contributed by atoms with van der Waals surface area (Å²) in [7, 11) is 0. The Labute approximate surface area is 137 Å². The summed E-state index contributed by atoms with van der Waals surface area (Å²) in [6, 6.07) is 0. The maximum Gasteiger partial charge on any atom is 0.460 e. The van der Waals surface area contributed by atoms with E-state index in [9.17, 15) is 75.8 Å². The van der Waals surface area contributed by atoms with Crippen molar-refractivity contribution in [2.75, 3.05) is 0 Å². The number of carboxylic acids is 1. The lowest BCUT2D eigenvalue weighted by Crippen LogP contribution is -2.72. The largest absolute Gasteiger partial charge is 0.550 e. The molecule has 162 valence electrons. The van der Waals surface area contributed by atoms with Crippen molar-refractivity contribution < 1.29 is 75.8 Å². The number of alkyl halides is 15. The number of carboxylic acid groups (broad SMARTS) is 1. The summed E-state index contributed by atoms with van der Waals surface area (Å²) in [6.07, 6.45) is -12.8. The number of rotatable bonds is 8. The second-order valence-corrected chi connectivity index (χ2v) is 4.95. The Hall–Kier alpha value is -1.58. The predicted molar refractivity (Wildman–Crippen MR) is 50.0 cm³/mol. The molecule has 0 amide bonds. The van der Waals surface area contributed by atoms with Crippen molar-refractivity contribution in [3.63, 3.8) is 0 Å². The summed E-state index contributed by atoms with van der Waals surface area (Å²) in [5.41, 5.74) is 0. The molecule has 0 aromatic rings. The van der Waals surface area contributed by atoms with Crippen LogP contribution in [0.3, 0.4) is 0 Å². The first-order valence-corrected chi connectivity index (χ1v) is 5.95. The molecule has 0 N–H and O–H groups in total. The number of halogens is 15. The molecule has 0 atom stereocenters. The second-order valence-electron chi connectivity index (χ2n) is 4.95. The molecule has 0 rings (SSSR count). The summed E-state index contributed by atoms with van der Waals surface area (Å²) in [4.78, 5) is 9.85. The Morgan fingerprint density at radius 1 is 0.556 bits per heavy atom. The van der Waals surface area contributed by atoms with Crippen LogP contribution in [0.5, 0.6) is 0 Å². The lowest BCUT2D eigenvalue weighted by Gasteiger charge is -2.41. The quantitative estimate of drug-likeness (QED) is 0.537. The van der Waals surface area contributed by atoms with E-state index in [1.54, 1.807) is 0 Å². The third kappa shape index (κ3) is 3.60. The molecule has 0 unspecified atom stereocenters. The van der Waals surface area contributed by atoms with E-state index in [4.69, 9.17) is 0 Å². The highest BCUT2D eigenvalue weighted by atomic mass is 19.4. The fourth-order valence-electron chi connectivity index (χ4n) is 1.42. The van der Waals surface area contributed by atoms with Gasteiger partial charge in [-0.15, -0.1) is 0 Å². The number of hydrogen-bond acceptors (Lipinski definition) is 2. The van der Waals surface area contributed by atoms with E-state index in [0.29, 0.717) is 0 Å². The standard InChI is InChI=1S/C10H5F15O2/c11-4(12,2-1-3(26)27)5(13,14)6(15,16)7(17,18)8(19,20)9(21,22)10(23,24)25/h1-2H2,(H,26,27)/p-1. The van der Waals surface area contributed by atoms with Crippen LogP contribution in [0.15, 0.2) is 0 Å². The monoisotopic (exact) mass is 441 g/mol. The number of carbonyl (C=O) groups excluding carboxylic acids is 1. The van der Waals surface area contributed by atoms with Gasteiger partial charge in [-0.2, -0.15) is 65.9 Å². The highest BCUT2D eigenvalue weighted by molar-refractivity contribution is 5.64. The molecule has 0 aliphatic carbocycles. The fourth-order valence-corrected chi connectivity index (χ4v) is 1.42. The first-order chi connectivity index (χ1) is 11.4. The van der Waals surface area contributed by atoms with Crippen LogP contribution >= 0.6 is 0 Å². The van der Waals surface area contributed by atoms with Crippen molar-refractivity contribution in [1.29, 1.82) is 0 Å². The molecule has 0 fully saturated rings. The van der Waals surface area contributed by atoms with Gasteiger partial charge in [0.25, 0.3) is 0 Å². The molecular weight excluding hydrogens is 437 g/mol. The lowest BCUT2D eigenvalue weighted by atomic mass is 9.89. The van der Waals surface area contributed by atoms with Crippen LogP contribution in [-0.2, 0) is 4.79 Å². The molecule has 0 spiro atoms. The van der Waals surface area contributed by atoms with Gasteiger partial charge in [-0.3, -0.25) is 0 Å². The Morgan fingerprint density at radius 2 is 0.852 bits per heavy atom. The van der Waals surface area contributed by atoms with Crippen LogP contribution in [-0.4, -0.2) is 47.7 Å². The van der Waals surface area contributed by atoms with E-state index in [1.165, 1.54) is 0 Å². The van der Waals surface area contributed by atoms with Crippen molar-refractivity contribution in [1.82, 2.24) is 0 Å². The van der Waals surface area contributed by atoms with Crippen molar-refractivity contribution in [3.8, 4) is 0 Å². The summed E-state index contributed by atoms with van der Waals surface area (Å²) < 4.78 is 190. The zero-order valence-corrected chi connectivity index (χ0v) is 11.9. The van der Waals surface area contributed by atoms with E-state index < -0.39 is 60.5 Å². The van der Waals surface area contributed by atoms with Gasteiger partial charge in [-0.25, -0.2) is 0 Å². The molecule has 0 aliphatic rings. The van der Waals surface area contributed by atoms with E-state index in [0.717, 1.165) is 0 Å². The maximum absolute atomic E-state index is 13.1.